The molecule has 1 amide bonds. The molecular formula is C17H22N4O2. The summed E-state index contributed by atoms with van der Waals surface area (Å²) in [6.45, 7) is 2.34. The number of nitrogens with zero attached hydrogens (tertiary/aromatic N) is 4. The molecular weight excluding hydrogens is 292 g/mol. The fraction of sp³-hybridized carbons (Fsp3) is 0.471. The van der Waals surface area contributed by atoms with Crippen LogP contribution in [0.3, 0.4) is 0 Å². The third kappa shape index (κ3) is 3.42. The standard InChI is InChI=1S/C17H22N4O2/c1-13-6-5-7-14(10-13)21-11-15(18-19-21)16(22)20(2)12-17(23)8-3-4-9-17/h5-7,10-11,23H,3-4,8-9,12H2,1-2H3. The molecule has 0 unspecified atom stereocenters. The third-order valence-corrected chi connectivity index (χ3v) is 4.39. The average Bonchev–Trinajstić information content (AvgIpc) is 3.16. The minimum Gasteiger partial charge on any atom is -0.388 e. The Hall–Kier alpha value is -2.21. The van der Waals surface area contributed by atoms with Crippen molar-refractivity contribution in [1.29, 1.82) is 0 Å². The lowest BCUT2D eigenvalue weighted by Gasteiger charge is -2.28. The van der Waals surface area contributed by atoms with Crippen molar-refractivity contribution >= 4 is 5.91 Å². The van der Waals surface area contributed by atoms with E-state index < -0.39 is 5.60 Å². The maximum atomic E-state index is 12.5. The van der Waals surface area contributed by atoms with Crippen molar-refractivity contribution in [3.05, 3.63) is 41.7 Å². The van der Waals surface area contributed by atoms with Gasteiger partial charge in [0.15, 0.2) is 5.69 Å². The average molecular weight is 314 g/mol. The molecule has 6 heteroatoms. The lowest BCUT2D eigenvalue weighted by atomic mass is 10.0. The molecule has 0 spiro atoms. The molecule has 1 saturated carbocycles. The highest BCUT2D eigenvalue weighted by Crippen LogP contribution is 2.30. The van der Waals surface area contributed by atoms with Gasteiger partial charge in [0.2, 0.25) is 0 Å². The quantitative estimate of drug-likeness (QED) is 0.936. The summed E-state index contributed by atoms with van der Waals surface area (Å²) in [5, 5.41) is 18.5. The maximum absolute atomic E-state index is 12.5. The van der Waals surface area contributed by atoms with Gasteiger partial charge in [-0.05, 0) is 37.5 Å². The molecule has 0 radical (unpaired) electrons. The van der Waals surface area contributed by atoms with E-state index in [0.29, 0.717) is 6.54 Å². The van der Waals surface area contributed by atoms with Crippen molar-refractivity contribution in [1.82, 2.24) is 19.9 Å². The van der Waals surface area contributed by atoms with Crippen molar-refractivity contribution in [2.45, 2.75) is 38.2 Å². The minimum atomic E-state index is -0.753. The van der Waals surface area contributed by atoms with E-state index in [-0.39, 0.29) is 11.6 Å². The van der Waals surface area contributed by atoms with Crippen molar-refractivity contribution in [3.8, 4) is 5.69 Å². The van der Waals surface area contributed by atoms with Crippen LogP contribution in [0, 0.1) is 6.92 Å². The van der Waals surface area contributed by atoms with Crippen LogP contribution in [0.25, 0.3) is 5.69 Å². The van der Waals surface area contributed by atoms with Gasteiger partial charge >= 0.3 is 0 Å². The highest BCUT2D eigenvalue weighted by atomic mass is 16.3. The Bertz CT molecular complexity index is 704. The molecule has 122 valence electrons. The van der Waals surface area contributed by atoms with Crippen molar-refractivity contribution in [2.24, 2.45) is 0 Å². The highest BCUT2D eigenvalue weighted by Gasteiger charge is 2.34. The lowest BCUT2D eigenvalue weighted by Crippen LogP contribution is -2.42. The number of carbonyl (C=O) groups is 1. The zero-order valence-electron chi connectivity index (χ0n) is 13.6. The zero-order valence-corrected chi connectivity index (χ0v) is 13.6. The summed E-state index contributed by atoms with van der Waals surface area (Å²) in [6, 6.07) is 7.84. The Morgan fingerprint density at radius 1 is 1.39 bits per heavy atom. The van der Waals surface area contributed by atoms with Crippen molar-refractivity contribution in [2.75, 3.05) is 13.6 Å². The molecule has 1 heterocycles. The Morgan fingerprint density at radius 3 is 2.83 bits per heavy atom. The van der Waals surface area contributed by atoms with Crippen LogP contribution in [0.15, 0.2) is 30.5 Å². The Morgan fingerprint density at radius 2 is 2.13 bits per heavy atom. The second-order valence-electron chi connectivity index (χ2n) is 6.48. The number of aryl methyl sites for hydroxylation is 1. The van der Waals surface area contributed by atoms with Crippen LogP contribution >= 0.6 is 0 Å². The Balaban J connectivity index is 1.73. The SMILES string of the molecule is Cc1cccc(-n2cc(C(=O)N(C)CC3(O)CCCC3)nn2)c1. The van der Waals surface area contributed by atoms with Crippen LogP contribution in [0.2, 0.25) is 0 Å². The number of aromatic nitrogens is 3. The van der Waals surface area contributed by atoms with Gasteiger partial charge in [-0.3, -0.25) is 4.79 Å². The first-order chi connectivity index (χ1) is 11.0. The Labute approximate surface area is 135 Å². The summed E-state index contributed by atoms with van der Waals surface area (Å²) < 4.78 is 1.60. The van der Waals surface area contributed by atoms with Gasteiger partial charge < -0.3 is 10.0 Å². The van der Waals surface area contributed by atoms with E-state index in [2.05, 4.69) is 10.3 Å². The number of benzene rings is 1. The summed E-state index contributed by atoms with van der Waals surface area (Å²) in [5.41, 5.74) is 1.52. The van der Waals surface area contributed by atoms with Crippen LogP contribution < -0.4 is 0 Å². The van der Waals surface area contributed by atoms with E-state index in [9.17, 15) is 9.90 Å². The molecule has 0 bridgehead atoms. The first-order valence-corrected chi connectivity index (χ1v) is 7.94. The summed E-state index contributed by atoms with van der Waals surface area (Å²) in [7, 11) is 1.70. The van der Waals surface area contributed by atoms with Crippen molar-refractivity contribution in [3.63, 3.8) is 0 Å². The molecule has 23 heavy (non-hydrogen) atoms. The molecule has 1 aromatic carbocycles. The van der Waals surface area contributed by atoms with Crippen molar-refractivity contribution < 1.29 is 9.90 Å². The third-order valence-electron chi connectivity index (χ3n) is 4.39. The number of rotatable bonds is 4. The highest BCUT2D eigenvalue weighted by molar-refractivity contribution is 5.91. The van der Waals surface area contributed by atoms with E-state index in [1.54, 1.807) is 17.9 Å². The van der Waals surface area contributed by atoms with E-state index >= 15 is 0 Å². The number of hydrogen-bond donors (Lipinski definition) is 1. The zero-order chi connectivity index (χ0) is 16.4. The largest absolute Gasteiger partial charge is 0.388 e. The maximum Gasteiger partial charge on any atom is 0.275 e. The van der Waals surface area contributed by atoms with Gasteiger partial charge in [-0.25, -0.2) is 4.68 Å². The second kappa shape index (κ2) is 6.12. The molecule has 1 fully saturated rings. The smallest absolute Gasteiger partial charge is 0.275 e. The first-order valence-electron chi connectivity index (χ1n) is 7.94. The van der Waals surface area contributed by atoms with E-state index in [1.807, 2.05) is 31.2 Å². The molecule has 3 rings (SSSR count). The fourth-order valence-electron chi connectivity index (χ4n) is 3.16. The van der Waals surface area contributed by atoms with Crippen LogP contribution in [-0.2, 0) is 0 Å². The summed E-state index contributed by atoms with van der Waals surface area (Å²) >= 11 is 0. The van der Waals surface area contributed by atoms with E-state index in [4.69, 9.17) is 0 Å². The van der Waals surface area contributed by atoms with Crippen LogP contribution in [-0.4, -0.2) is 50.1 Å². The molecule has 0 atom stereocenters. The molecule has 0 saturated heterocycles. The predicted octanol–water partition coefficient (Wildman–Crippen LogP) is 1.95. The van der Waals surface area contributed by atoms with Crippen LogP contribution in [0.5, 0.6) is 0 Å². The molecule has 1 aliphatic carbocycles. The molecule has 0 aliphatic heterocycles. The van der Waals surface area contributed by atoms with Gasteiger partial charge in [-0.2, -0.15) is 0 Å². The van der Waals surface area contributed by atoms with Gasteiger partial charge in [0.05, 0.1) is 17.5 Å². The van der Waals surface area contributed by atoms with Gasteiger partial charge in [-0.15, -0.1) is 5.10 Å². The summed E-state index contributed by atoms with van der Waals surface area (Å²) in [6.07, 6.45) is 5.16. The van der Waals surface area contributed by atoms with Gasteiger partial charge in [0, 0.05) is 13.6 Å². The van der Waals surface area contributed by atoms with E-state index in [0.717, 1.165) is 36.9 Å². The lowest BCUT2D eigenvalue weighted by molar-refractivity contribution is 0.0155. The monoisotopic (exact) mass is 314 g/mol. The van der Waals surface area contributed by atoms with Gasteiger partial charge in [0.25, 0.3) is 5.91 Å². The number of hydrogen-bond acceptors (Lipinski definition) is 4. The number of amides is 1. The van der Waals surface area contributed by atoms with Gasteiger partial charge in [-0.1, -0.05) is 30.2 Å². The number of carbonyl (C=O) groups excluding carboxylic acids is 1. The normalized spacial score (nSPS) is 16.5. The number of aliphatic hydroxyl groups is 1. The van der Waals surface area contributed by atoms with Crippen LogP contribution in [0.4, 0.5) is 0 Å². The number of likely N-dealkylation sites (N-methyl/N-ethyl adjacent to an activating group) is 1. The summed E-state index contributed by atoms with van der Waals surface area (Å²) in [5.74, 6) is -0.218. The van der Waals surface area contributed by atoms with Gasteiger partial charge in [0.1, 0.15) is 0 Å². The second-order valence-corrected chi connectivity index (χ2v) is 6.48. The molecule has 1 N–H and O–H groups in total. The first kappa shape index (κ1) is 15.7. The Kier molecular flexibility index (Phi) is 4.17. The topological polar surface area (TPSA) is 71.2 Å². The molecule has 1 aliphatic rings. The van der Waals surface area contributed by atoms with E-state index in [1.165, 1.54) is 4.90 Å². The molecule has 1 aromatic heterocycles. The summed E-state index contributed by atoms with van der Waals surface area (Å²) in [4.78, 5) is 14.0. The molecule has 2 aromatic rings. The molecule has 6 nitrogen and oxygen atoms in total. The predicted molar refractivity (Wildman–Crippen MR) is 86.5 cm³/mol. The minimum absolute atomic E-state index is 0.218. The van der Waals surface area contributed by atoms with Crippen LogP contribution in [0.1, 0.15) is 41.7 Å². The fourth-order valence-corrected chi connectivity index (χ4v) is 3.16.